The van der Waals surface area contributed by atoms with Crippen molar-refractivity contribution in [2.45, 2.75) is 39.3 Å². The normalized spacial score (nSPS) is 12.7. The molecule has 0 radical (unpaired) electrons. The van der Waals surface area contributed by atoms with E-state index in [9.17, 15) is 0 Å². The monoisotopic (exact) mass is 292 g/mol. The van der Waals surface area contributed by atoms with Gasteiger partial charge in [0, 0.05) is 29.7 Å². The second-order valence-corrected chi connectivity index (χ2v) is 6.09. The molecule has 0 aliphatic heterocycles. The van der Waals surface area contributed by atoms with Crippen LogP contribution in [0.25, 0.3) is 10.9 Å². The summed E-state index contributed by atoms with van der Waals surface area (Å²) in [6, 6.07) is 17.1. The van der Waals surface area contributed by atoms with Crippen LogP contribution in [0.2, 0.25) is 0 Å². The molecule has 0 fully saturated rings. The van der Waals surface area contributed by atoms with Gasteiger partial charge in [-0.15, -0.1) is 0 Å². The Kier molecular flexibility index (Phi) is 4.30. The highest BCUT2D eigenvalue weighted by Gasteiger charge is 2.13. The van der Waals surface area contributed by atoms with Crippen LogP contribution in [0, 0.1) is 6.92 Å². The molecule has 1 unspecified atom stereocenters. The van der Waals surface area contributed by atoms with Gasteiger partial charge in [-0.05, 0) is 43.0 Å². The van der Waals surface area contributed by atoms with Crippen LogP contribution >= 0.6 is 0 Å². The van der Waals surface area contributed by atoms with Gasteiger partial charge >= 0.3 is 0 Å². The summed E-state index contributed by atoms with van der Waals surface area (Å²) >= 11 is 0. The maximum absolute atomic E-state index is 6.43. The Morgan fingerprint density at radius 1 is 1.09 bits per heavy atom. The van der Waals surface area contributed by atoms with E-state index in [-0.39, 0.29) is 6.04 Å². The predicted molar refractivity (Wildman–Crippen MR) is 94.0 cm³/mol. The van der Waals surface area contributed by atoms with Crippen LogP contribution in [-0.2, 0) is 13.0 Å². The Morgan fingerprint density at radius 2 is 1.86 bits per heavy atom. The number of nitrogens with zero attached hydrogens (tertiary/aromatic N) is 1. The highest BCUT2D eigenvalue weighted by molar-refractivity contribution is 5.84. The molecule has 114 valence electrons. The number of aromatic nitrogens is 1. The van der Waals surface area contributed by atoms with Crippen molar-refractivity contribution in [1.82, 2.24) is 4.57 Å². The molecule has 22 heavy (non-hydrogen) atoms. The minimum absolute atomic E-state index is 0.0439. The van der Waals surface area contributed by atoms with Crippen LogP contribution in [0.4, 0.5) is 0 Å². The molecule has 1 aromatic heterocycles. The fourth-order valence-corrected chi connectivity index (χ4v) is 3.13. The second-order valence-electron chi connectivity index (χ2n) is 6.09. The molecular formula is C20H24N2. The zero-order chi connectivity index (χ0) is 15.5. The van der Waals surface area contributed by atoms with Gasteiger partial charge in [0.05, 0.1) is 0 Å². The van der Waals surface area contributed by atoms with Crippen molar-refractivity contribution in [1.29, 1.82) is 0 Å². The molecule has 0 amide bonds. The fourth-order valence-electron chi connectivity index (χ4n) is 3.13. The highest BCUT2D eigenvalue weighted by Crippen LogP contribution is 2.27. The van der Waals surface area contributed by atoms with Crippen molar-refractivity contribution < 1.29 is 0 Å². The number of hydrogen-bond acceptors (Lipinski definition) is 1. The van der Waals surface area contributed by atoms with Crippen LogP contribution in [0.3, 0.4) is 0 Å². The quantitative estimate of drug-likeness (QED) is 0.732. The third kappa shape index (κ3) is 2.93. The fraction of sp³-hybridized carbons (Fsp3) is 0.300. The zero-order valence-corrected chi connectivity index (χ0v) is 13.4. The third-order valence-electron chi connectivity index (χ3n) is 4.25. The maximum Gasteiger partial charge on any atom is 0.0483 e. The van der Waals surface area contributed by atoms with Crippen molar-refractivity contribution in [2.75, 3.05) is 0 Å². The molecule has 0 spiro atoms. The molecule has 2 aromatic carbocycles. The molecule has 3 rings (SSSR count). The average molecular weight is 292 g/mol. The van der Waals surface area contributed by atoms with E-state index in [2.05, 4.69) is 67.1 Å². The highest BCUT2D eigenvalue weighted by atomic mass is 15.0. The van der Waals surface area contributed by atoms with E-state index in [4.69, 9.17) is 5.73 Å². The molecular weight excluding hydrogens is 268 g/mol. The van der Waals surface area contributed by atoms with Crippen molar-refractivity contribution in [3.05, 3.63) is 71.4 Å². The standard InChI is InChI=1S/C20H24N2/c1-3-11-22-14-17(18-12-15(2)9-10-20(18)22)13-19(21)16-7-5-4-6-8-16/h4-10,12,14,19H,3,11,13,21H2,1-2H3. The third-order valence-corrected chi connectivity index (χ3v) is 4.25. The van der Waals surface area contributed by atoms with E-state index in [0.29, 0.717) is 0 Å². The Balaban J connectivity index is 1.97. The topological polar surface area (TPSA) is 30.9 Å². The smallest absolute Gasteiger partial charge is 0.0483 e. The van der Waals surface area contributed by atoms with Crippen LogP contribution in [0.5, 0.6) is 0 Å². The molecule has 0 saturated carbocycles. The maximum atomic E-state index is 6.43. The number of benzene rings is 2. The summed E-state index contributed by atoms with van der Waals surface area (Å²) in [4.78, 5) is 0. The van der Waals surface area contributed by atoms with Crippen molar-refractivity contribution >= 4 is 10.9 Å². The summed E-state index contributed by atoms with van der Waals surface area (Å²) in [5, 5.41) is 1.35. The second kappa shape index (κ2) is 6.37. The molecule has 1 heterocycles. The Labute approximate surface area is 132 Å². The molecule has 2 heteroatoms. The summed E-state index contributed by atoms with van der Waals surface area (Å²) in [5.41, 5.74) is 11.6. The molecule has 0 saturated heterocycles. The first kappa shape index (κ1) is 14.9. The summed E-state index contributed by atoms with van der Waals surface area (Å²) in [5.74, 6) is 0. The van der Waals surface area contributed by atoms with Gasteiger partial charge in [-0.3, -0.25) is 0 Å². The van der Waals surface area contributed by atoms with E-state index in [0.717, 1.165) is 19.4 Å². The lowest BCUT2D eigenvalue weighted by atomic mass is 9.99. The van der Waals surface area contributed by atoms with Crippen LogP contribution in [0.15, 0.2) is 54.7 Å². The van der Waals surface area contributed by atoms with Crippen molar-refractivity contribution in [3.63, 3.8) is 0 Å². The molecule has 0 aliphatic carbocycles. The molecule has 3 aromatic rings. The van der Waals surface area contributed by atoms with Gasteiger partial charge < -0.3 is 10.3 Å². The van der Waals surface area contributed by atoms with Gasteiger partial charge in [-0.1, -0.05) is 48.9 Å². The number of fused-ring (bicyclic) bond motifs is 1. The molecule has 2 N–H and O–H groups in total. The predicted octanol–water partition coefficient (Wildman–Crippen LogP) is 4.60. The first-order chi connectivity index (χ1) is 10.7. The SMILES string of the molecule is CCCn1cc(CC(N)c2ccccc2)c2cc(C)ccc21. The first-order valence-corrected chi connectivity index (χ1v) is 8.08. The summed E-state index contributed by atoms with van der Waals surface area (Å²) in [6.07, 6.45) is 4.30. The summed E-state index contributed by atoms with van der Waals surface area (Å²) < 4.78 is 2.36. The largest absolute Gasteiger partial charge is 0.347 e. The van der Waals surface area contributed by atoms with Gasteiger partial charge in [0.25, 0.3) is 0 Å². The van der Waals surface area contributed by atoms with Gasteiger partial charge in [0.15, 0.2) is 0 Å². The summed E-state index contributed by atoms with van der Waals surface area (Å²) in [6.45, 7) is 5.42. The van der Waals surface area contributed by atoms with Gasteiger partial charge in [0.2, 0.25) is 0 Å². The average Bonchev–Trinajstić information content (AvgIpc) is 2.86. The minimum atomic E-state index is 0.0439. The van der Waals surface area contributed by atoms with Crippen molar-refractivity contribution in [2.24, 2.45) is 5.73 Å². The lowest BCUT2D eigenvalue weighted by molar-refractivity contribution is 0.689. The van der Waals surface area contributed by atoms with E-state index < -0.39 is 0 Å². The van der Waals surface area contributed by atoms with E-state index >= 15 is 0 Å². The molecule has 0 bridgehead atoms. The van der Waals surface area contributed by atoms with Gasteiger partial charge in [0.1, 0.15) is 0 Å². The summed E-state index contributed by atoms with van der Waals surface area (Å²) in [7, 11) is 0. The Hall–Kier alpha value is -2.06. The van der Waals surface area contributed by atoms with Gasteiger partial charge in [-0.2, -0.15) is 0 Å². The molecule has 0 aliphatic rings. The number of aryl methyl sites for hydroxylation is 2. The van der Waals surface area contributed by atoms with Crippen LogP contribution < -0.4 is 5.73 Å². The van der Waals surface area contributed by atoms with E-state index in [1.807, 2.05) is 6.07 Å². The molecule has 2 nitrogen and oxygen atoms in total. The number of rotatable bonds is 5. The van der Waals surface area contributed by atoms with Crippen molar-refractivity contribution in [3.8, 4) is 0 Å². The lowest BCUT2D eigenvalue weighted by Crippen LogP contribution is -2.13. The minimum Gasteiger partial charge on any atom is -0.347 e. The first-order valence-electron chi connectivity index (χ1n) is 8.08. The zero-order valence-electron chi connectivity index (χ0n) is 13.4. The Morgan fingerprint density at radius 3 is 2.59 bits per heavy atom. The van der Waals surface area contributed by atoms with E-state index in [1.165, 1.54) is 27.6 Å². The number of hydrogen-bond donors (Lipinski definition) is 1. The Bertz CT molecular complexity index is 756. The lowest BCUT2D eigenvalue weighted by Gasteiger charge is -2.11. The van der Waals surface area contributed by atoms with Gasteiger partial charge in [-0.25, -0.2) is 0 Å². The van der Waals surface area contributed by atoms with Crippen LogP contribution in [0.1, 0.15) is 36.1 Å². The number of nitrogens with two attached hydrogens (primary N) is 1. The van der Waals surface area contributed by atoms with Crippen LogP contribution in [-0.4, -0.2) is 4.57 Å². The van der Waals surface area contributed by atoms with E-state index in [1.54, 1.807) is 0 Å². The molecule has 1 atom stereocenters.